The van der Waals surface area contributed by atoms with E-state index in [2.05, 4.69) is 20.8 Å². The van der Waals surface area contributed by atoms with Gasteiger partial charge in [-0.2, -0.15) is 4.98 Å². The molecule has 2 aromatic rings. The van der Waals surface area contributed by atoms with Gasteiger partial charge in [0.25, 0.3) is 0 Å². The predicted octanol–water partition coefficient (Wildman–Crippen LogP) is 1.15. The molecule has 1 amide bonds. The molecule has 0 aliphatic carbocycles. The summed E-state index contributed by atoms with van der Waals surface area (Å²) in [7, 11) is 0. The highest BCUT2D eigenvalue weighted by Gasteiger charge is 2.03. The molecule has 0 unspecified atom stereocenters. The van der Waals surface area contributed by atoms with Crippen LogP contribution >= 0.6 is 0 Å². The number of nitrogens with zero attached hydrogens (tertiary/aromatic N) is 2. The van der Waals surface area contributed by atoms with Crippen molar-refractivity contribution in [2.24, 2.45) is 0 Å². The number of hydrogen-bond acceptors (Lipinski definition) is 5. The van der Waals surface area contributed by atoms with Crippen LogP contribution in [-0.4, -0.2) is 29.1 Å². The average molecular weight is 260 g/mol. The molecule has 0 saturated carbocycles. The van der Waals surface area contributed by atoms with Gasteiger partial charge in [0.1, 0.15) is 0 Å². The normalized spacial score (nSPS) is 10.4. The van der Waals surface area contributed by atoms with Crippen molar-refractivity contribution < 1.29 is 9.32 Å². The molecule has 2 rings (SSSR count). The third-order valence-corrected chi connectivity index (χ3v) is 2.54. The number of hydrogen-bond donors (Lipinski definition) is 2. The second-order valence-electron chi connectivity index (χ2n) is 4.18. The molecule has 6 nitrogen and oxygen atoms in total. The molecule has 1 aromatic heterocycles. The van der Waals surface area contributed by atoms with Crippen molar-refractivity contribution in [3.05, 3.63) is 42.0 Å². The number of aromatic nitrogens is 2. The first-order chi connectivity index (χ1) is 9.24. The van der Waals surface area contributed by atoms with Crippen LogP contribution in [0.3, 0.4) is 0 Å². The summed E-state index contributed by atoms with van der Waals surface area (Å²) >= 11 is 0. The Morgan fingerprint density at radius 3 is 2.79 bits per heavy atom. The van der Waals surface area contributed by atoms with E-state index in [4.69, 9.17) is 4.52 Å². The van der Waals surface area contributed by atoms with E-state index in [0.717, 1.165) is 11.3 Å². The largest absolute Gasteiger partial charge is 0.340 e. The summed E-state index contributed by atoms with van der Waals surface area (Å²) in [5.41, 5.74) is 1.96. The van der Waals surface area contributed by atoms with Gasteiger partial charge in [0.05, 0.1) is 6.54 Å². The molecule has 19 heavy (non-hydrogen) atoms. The summed E-state index contributed by atoms with van der Waals surface area (Å²) in [6, 6.07) is 7.68. The number of benzene rings is 1. The molecule has 0 radical (unpaired) electrons. The number of carbonyl (C=O) groups is 1. The quantitative estimate of drug-likeness (QED) is 0.761. The number of anilines is 1. The van der Waals surface area contributed by atoms with Crippen molar-refractivity contribution in [3.63, 3.8) is 0 Å². The number of carbonyl (C=O) groups excluding carboxylic acids is 1. The number of nitrogens with one attached hydrogen (secondary N) is 2. The highest BCUT2D eigenvalue weighted by molar-refractivity contribution is 5.92. The highest BCUT2D eigenvalue weighted by Crippen LogP contribution is 2.07. The zero-order chi connectivity index (χ0) is 13.5. The Hall–Kier alpha value is -2.21. The maximum Gasteiger partial charge on any atom is 0.238 e. The van der Waals surface area contributed by atoms with Crippen LogP contribution in [0.5, 0.6) is 0 Å². The number of rotatable bonds is 6. The van der Waals surface area contributed by atoms with Gasteiger partial charge in [-0.3, -0.25) is 4.79 Å². The molecule has 0 aliphatic heterocycles. The Kier molecular flexibility index (Phi) is 4.63. The smallest absolute Gasteiger partial charge is 0.238 e. The van der Waals surface area contributed by atoms with E-state index >= 15 is 0 Å². The lowest BCUT2D eigenvalue weighted by atomic mass is 10.2. The molecule has 1 heterocycles. The van der Waals surface area contributed by atoms with E-state index in [0.29, 0.717) is 18.9 Å². The summed E-state index contributed by atoms with van der Waals surface area (Å²) in [5, 5.41) is 9.33. The molecule has 0 spiro atoms. The third kappa shape index (κ3) is 4.51. The van der Waals surface area contributed by atoms with E-state index in [-0.39, 0.29) is 12.5 Å². The molecule has 0 bridgehead atoms. The van der Waals surface area contributed by atoms with Crippen LogP contribution in [-0.2, 0) is 11.2 Å². The topological polar surface area (TPSA) is 80.0 Å². The molecule has 2 N–H and O–H groups in total. The van der Waals surface area contributed by atoms with Crippen molar-refractivity contribution in [3.8, 4) is 0 Å². The molecule has 1 aromatic carbocycles. The number of aryl methyl sites for hydroxylation is 1. The Bertz CT molecular complexity index is 508. The van der Waals surface area contributed by atoms with Crippen molar-refractivity contribution in [2.75, 3.05) is 18.4 Å². The lowest BCUT2D eigenvalue weighted by Gasteiger charge is -2.06. The van der Waals surface area contributed by atoms with Crippen LogP contribution in [0.2, 0.25) is 0 Å². The van der Waals surface area contributed by atoms with Gasteiger partial charge >= 0.3 is 0 Å². The molecule has 0 aliphatic rings. The Balaban J connectivity index is 1.65. The van der Waals surface area contributed by atoms with Gasteiger partial charge in [-0.05, 0) is 19.1 Å². The lowest BCUT2D eigenvalue weighted by Crippen LogP contribution is -2.29. The van der Waals surface area contributed by atoms with E-state index in [1.54, 1.807) is 0 Å². The molecule has 0 fully saturated rings. The van der Waals surface area contributed by atoms with E-state index in [1.165, 1.54) is 6.33 Å². The van der Waals surface area contributed by atoms with Gasteiger partial charge in [0.15, 0.2) is 6.33 Å². The van der Waals surface area contributed by atoms with Crippen LogP contribution in [0, 0.1) is 6.92 Å². The second-order valence-corrected chi connectivity index (χ2v) is 4.18. The fraction of sp³-hybridized carbons (Fsp3) is 0.308. The fourth-order valence-corrected chi connectivity index (χ4v) is 1.55. The van der Waals surface area contributed by atoms with Gasteiger partial charge in [0.2, 0.25) is 11.8 Å². The maximum absolute atomic E-state index is 11.6. The minimum Gasteiger partial charge on any atom is -0.340 e. The monoisotopic (exact) mass is 260 g/mol. The fourth-order valence-electron chi connectivity index (χ4n) is 1.55. The van der Waals surface area contributed by atoms with Gasteiger partial charge in [-0.15, -0.1) is 0 Å². The van der Waals surface area contributed by atoms with Gasteiger partial charge < -0.3 is 15.2 Å². The van der Waals surface area contributed by atoms with Crippen molar-refractivity contribution in [1.82, 2.24) is 15.5 Å². The van der Waals surface area contributed by atoms with Crippen LogP contribution < -0.4 is 10.6 Å². The summed E-state index contributed by atoms with van der Waals surface area (Å²) in [4.78, 5) is 15.5. The lowest BCUT2D eigenvalue weighted by molar-refractivity contribution is -0.115. The molecule has 0 saturated heterocycles. The molecule has 6 heteroatoms. The van der Waals surface area contributed by atoms with Crippen LogP contribution in [0.25, 0.3) is 0 Å². The first-order valence-electron chi connectivity index (χ1n) is 6.07. The molecular weight excluding hydrogens is 244 g/mol. The van der Waals surface area contributed by atoms with Crippen molar-refractivity contribution in [2.45, 2.75) is 13.3 Å². The van der Waals surface area contributed by atoms with Crippen molar-refractivity contribution >= 4 is 11.6 Å². The SMILES string of the molecule is Cc1ccc(NC(=O)CNCCc2ncno2)cc1. The first-order valence-corrected chi connectivity index (χ1v) is 6.07. The summed E-state index contributed by atoms with van der Waals surface area (Å²) in [6.45, 7) is 2.87. The zero-order valence-electron chi connectivity index (χ0n) is 10.7. The first kappa shape index (κ1) is 13.2. The standard InChI is InChI=1S/C13H16N4O2/c1-10-2-4-11(5-3-10)17-12(18)8-14-7-6-13-15-9-16-19-13/h2-5,9,14H,6-8H2,1H3,(H,17,18). The molecule has 100 valence electrons. The second kappa shape index (κ2) is 6.65. The van der Waals surface area contributed by atoms with E-state index in [1.807, 2.05) is 31.2 Å². The Labute approximate surface area is 111 Å². The minimum atomic E-state index is -0.0746. The van der Waals surface area contributed by atoms with E-state index in [9.17, 15) is 4.79 Å². The van der Waals surface area contributed by atoms with Crippen molar-refractivity contribution in [1.29, 1.82) is 0 Å². The van der Waals surface area contributed by atoms with Gasteiger partial charge in [-0.1, -0.05) is 22.9 Å². The third-order valence-electron chi connectivity index (χ3n) is 2.54. The highest BCUT2D eigenvalue weighted by atomic mass is 16.5. The number of amides is 1. The average Bonchev–Trinajstić information content (AvgIpc) is 2.91. The molecule has 0 atom stereocenters. The maximum atomic E-state index is 11.6. The van der Waals surface area contributed by atoms with E-state index < -0.39 is 0 Å². The van der Waals surface area contributed by atoms with Gasteiger partial charge in [-0.25, -0.2) is 0 Å². The Morgan fingerprint density at radius 1 is 1.32 bits per heavy atom. The van der Waals surface area contributed by atoms with Crippen LogP contribution in [0.1, 0.15) is 11.5 Å². The van der Waals surface area contributed by atoms with Gasteiger partial charge in [0, 0.05) is 18.7 Å². The molecular formula is C13H16N4O2. The predicted molar refractivity (Wildman–Crippen MR) is 70.7 cm³/mol. The summed E-state index contributed by atoms with van der Waals surface area (Å²) in [5.74, 6) is 0.487. The minimum absolute atomic E-state index is 0.0746. The summed E-state index contributed by atoms with van der Waals surface area (Å²) in [6.07, 6.45) is 1.97. The summed E-state index contributed by atoms with van der Waals surface area (Å²) < 4.78 is 4.85. The zero-order valence-corrected chi connectivity index (χ0v) is 10.7. The van der Waals surface area contributed by atoms with Crippen LogP contribution in [0.4, 0.5) is 5.69 Å². The van der Waals surface area contributed by atoms with Crippen LogP contribution in [0.15, 0.2) is 35.1 Å². The Morgan fingerprint density at radius 2 is 2.11 bits per heavy atom.